The van der Waals surface area contributed by atoms with Crippen molar-refractivity contribution in [2.45, 2.75) is 71.4 Å². The Morgan fingerprint density at radius 1 is 0.982 bits per heavy atom. The van der Waals surface area contributed by atoms with E-state index in [4.69, 9.17) is 20.2 Å². The molecule has 0 saturated carbocycles. The Bertz CT molecular complexity index is 2340. The first kappa shape index (κ1) is 40.7. The van der Waals surface area contributed by atoms with Crippen molar-refractivity contribution in [3.8, 4) is 33.8 Å². The minimum Gasteiger partial charge on any atom is -0.508 e. The fourth-order valence-electron chi connectivity index (χ4n) is 6.92. The summed E-state index contributed by atoms with van der Waals surface area (Å²) in [5, 5.41) is 60.9. The average molecular weight is 784 g/mol. The van der Waals surface area contributed by atoms with Gasteiger partial charge in [-0.25, -0.2) is 4.98 Å². The SMILES string of the molecule is CCc1c(-c2ccc(O)cc2)c(N)nc(COCc2cn(CCCOC[C@H](O)Cn3c(C(C)(C)CO)cc4cc([N+](=O)[O-])c(F)cc43)nn2)c1-c1ccc(O)cc1. The third-order valence-electron chi connectivity index (χ3n) is 9.78. The van der Waals surface area contributed by atoms with Crippen LogP contribution in [0.15, 0.2) is 72.9 Å². The summed E-state index contributed by atoms with van der Waals surface area (Å²) < 4.78 is 29.8. The number of nitro groups is 1. The van der Waals surface area contributed by atoms with Crippen LogP contribution in [-0.2, 0) is 47.6 Å². The van der Waals surface area contributed by atoms with Crippen LogP contribution in [0.5, 0.6) is 11.5 Å². The van der Waals surface area contributed by atoms with Crippen molar-refractivity contribution in [3.05, 3.63) is 112 Å². The summed E-state index contributed by atoms with van der Waals surface area (Å²) in [5.74, 6) is -0.375. The number of hydrogen-bond donors (Lipinski definition) is 5. The topological polar surface area (TPSA) is 217 Å². The Balaban J connectivity index is 1.04. The standard InChI is InChI=1S/C41H46FN7O8/c1-4-32-38(25-6-10-29(51)11-7-25)34(44-40(43)39(32)26-8-12-30(52)13-9-26)23-57-21-28-19-47(46-45-28)14-5-15-56-22-31(53)20-48-35-18-33(42)36(49(54)55)16-27(35)17-37(48)41(2,3)24-50/h6-13,16-19,31,50-53H,4-5,14-15,20-24H2,1-3H3,(H2,43,44)/t31-/m1/s1. The normalized spacial score (nSPS) is 12.4. The van der Waals surface area contributed by atoms with Crippen LogP contribution >= 0.6 is 0 Å². The van der Waals surface area contributed by atoms with Gasteiger partial charge in [-0.1, -0.05) is 50.3 Å². The number of hydrogen-bond acceptors (Lipinski definition) is 12. The van der Waals surface area contributed by atoms with E-state index in [1.807, 2.05) is 19.1 Å². The number of rotatable bonds is 18. The molecule has 0 fully saturated rings. The van der Waals surface area contributed by atoms with Gasteiger partial charge in [-0.15, -0.1) is 5.10 Å². The number of phenols is 2. The molecule has 57 heavy (non-hydrogen) atoms. The van der Waals surface area contributed by atoms with E-state index in [9.17, 15) is 34.9 Å². The first-order valence-corrected chi connectivity index (χ1v) is 18.5. The number of fused-ring (bicyclic) bond motifs is 1. The summed E-state index contributed by atoms with van der Waals surface area (Å²) >= 11 is 0. The lowest BCUT2D eigenvalue weighted by Crippen LogP contribution is -2.29. The fourth-order valence-corrected chi connectivity index (χ4v) is 6.92. The van der Waals surface area contributed by atoms with Gasteiger partial charge in [-0.05, 0) is 59.9 Å². The maximum Gasteiger partial charge on any atom is 0.305 e. The second kappa shape index (κ2) is 17.5. The summed E-state index contributed by atoms with van der Waals surface area (Å²) in [6.45, 7) is 6.44. The molecule has 0 saturated heterocycles. The van der Waals surface area contributed by atoms with Gasteiger partial charge in [0.2, 0.25) is 5.82 Å². The van der Waals surface area contributed by atoms with Crippen LogP contribution in [0.4, 0.5) is 15.9 Å². The number of anilines is 1. The molecular formula is C41H46FN7O8. The van der Waals surface area contributed by atoms with Crippen LogP contribution in [0.2, 0.25) is 0 Å². The van der Waals surface area contributed by atoms with Crippen molar-refractivity contribution in [3.63, 3.8) is 0 Å². The van der Waals surface area contributed by atoms with Gasteiger partial charge in [0.25, 0.3) is 0 Å². The van der Waals surface area contributed by atoms with Gasteiger partial charge < -0.3 is 40.2 Å². The molecule has 3 aromatic carbocycles. The molecule has 16 heteroatoms. The van der Waals surface area contributed by atoms with Crippen LogP contribution in [0, 0.1) is 15.9 Å². The predicted octanol–water partition coefficient (Wildman–Crippen LogP) is 6.02. The van der Waals surface area contributed by atoms with Crippen LogP contribution in [0.25, 0.3) is 33.2 Å². The van der Waals surface area contributed by atoms with E-state index in [0.717, 1.165) is 39.9 Å². The van der Waals surface area contributed by atoms with Gasteiger partial charge in [-0.3, -0.25) is 14.8 Å². The molecule has 1 atom stereocenters. The Morgan fingerprint density at radius 2 is 1.65 bits per heavy atom. The number of benzene rings is 3. The molecule has 6 rings (SSSR count). The molecule has 0 radical (unpaired) electrons. The summed E-state index contributed by atoms with van der Waals surface area (Å²) in [4.78, 5) is 15.3. The predicted molar refractivity (Wildman–Crippen MR) is 211 cm³/mol. The highest BCUT2D eigenvalue weighted by molar-refractivity contribution is 5.86. The second-order valence-electron chi connectivity index (χ2n) is 14.5. The first-order valence-electron chi connectivity index (χ1n) is 18.5. The van der Waals surface area contributed by atoms with Gasteiger partial charge in [0.1, 0.15) is 23.0 Å². The van der Waals surface area contributed by atoms with E-state index >= 15 is 0 Å². The van der Waals surface area contributed by atoms with Crippen molar-refractivity contribution in [2.24, 2.45) is 0 Å². The number of nitrogen functional groups attached to an aromatic ring is 1. The molecule has 3 aromatic heterocycles. The minimum atomic E-state index is -0.987. The average Bonchev–Trinajstić information content (AvgIpc) is 3.79. The smallest absolute Gasteiger partial charge is 0.305 e. The summed E-state index contributed by atoms with van der Waals surface area (Å²) in [5.41, 5.74) is 11.5. The van der Waals surface area contributed by atoms with Crippen LogP contribution in [0.1, 0.15) is 49.8 Å². The van der Waals surface area contributed by atoms with E-state index in [2.05, 4.69) is 10.3 Å². The maximum absolute atomic E-state index is 14.6. The van der Waals surface area contributed by atoms with E-state index < -0.39 is 27.9 Å². The van der Waals surface area contributed by atoms with Crippen LogP contribution in [-0.4, -0.2) is 75.8 Å². The van der Waals surface area contributed by atoms with Crippen molar-refractivity contribution >= 4 is 22.4 Å². The van der Waals surface area contributed by atoms with Crippen molar-refractivity contribution in [1.29, 1.82) is 0 Å². The van der Waals surface area contributed by atoms with E-state index in [1.165, 1.54) is 0 Å². The number of aryl methyl sites for hydroxylation is 1. The quantitative estimate of drug-likeness (QED) is 0.0384. The number of nitrogens with zero attached hydrogens (tertiary/aromatic N) is 6. The minimum absolute atomic E-state index is 0.0206. The highest BCUT2D eigenvalue weighted by Crippen LogP contribution is 2.39. The first-order chi connectivity index (χ1) is 27.3. The number of pyridine rings is 1. The molecule has 0 bridgehead atoms. The van der Waals surface area contributed by atoms with E-state index in [1.54, 1.807) is 71.8 Å². The number of aliphatic hydroxyl groups is 2. The third kappa shape index (κ3) is 9.21. The molecule has 0 spiro atoms. The fraction of sp³-hybridized carbons (Fsp3) is 0.341. The van der Waals surface area contributed by atoms with Crippen molar-refractivity contribution in [1.82, 2.24) is 24.5 Å². The lowest BCUT2D eigenvalue weighted by molar-refractivity contribution is -0.387. The lowest BCUT2D eigenvalue weighted by atomic mass is 9.89. The van der Waals surface area contributed by atoms with E-state index in [-0.39, 0.29) is 44.5 Å². The van der Waals surface area contributed by atoms with Gasteiger partial charge in [0.15, 0.2) is 0 Å². The Labute approximate surface area is 327 Å². The molecule has 6 N–H and O–H groups in total. The molecule has 0 aliphatic rings. The molecular weight excluding hydrogens is 737 g/mol. The molecule has 15 nitrogen and oxygen atoms in total. The Morgan fingerprint density at radius 3 is 2.28 bits per heavy atom. The van der Waals surface area contributed by atoms with E-state index in [0.29, 0.717) is 59.8 Å². The maximum atomic E-state index is 14.6. The zero-order valence-corrected chi connectivity index (χ0v) is 31.9. The summed E-state index contributed by atoms with van der Waals surface area (Å²) in [6, 6.07) is 17.6. The zero-order valence-electron chi connectivity index (χ0n) is 31.9. The Kier molecular flexibility index (Phi) is 12.5. The third-order valence-corrected chi connectivity index (χ3v) is 9.78. The number of aromatic hydroxyl groups is 2. The molecule has 0 unspecified atom stereocenters. The Hall–Kier alpha value is -5.94. The molecule has 0 amide bonds. The van der Waals surface area contributed by atoms with Crippen LogP contribution in [0.3, 0.4) is 0 Å². The highest BCUT2D eigenvalue weighted by Gasteiger charge is 2.28. The molecule has 3 heterocycles. The zero-order chi connectivity index (χ0) is 40.9. The van der Waals surface area contributed by atoms with Gasteiger partial charge in [-0.2, -0.15) is 4.39 Å². The van der Waals surface area contributed by atoms with Gasteiger partial charge >= 0.3 is 5.69 Å². The van der Waals surface area contributed by atoms with Crippen molar-refractivity contribution < 1.29 is 39.2 Å². The summed E-state index contributed by atoms with van der Waals surface area (Å²) in [7, 11) is 0. The van der Waals surface area contributed by atoms with Crippen LogP contribution < -0.4 is 5.73 Å². The second-order valence-corrected chi connectivity index (χ2v) is 14.5. The number of aliphatic hydroxyl groups excluding tert-OH is 2. The molecule has 0 aliphatic heterocycles. The molecule has 6 aromatic rings. The molecule has 300 valence electrons. The summed E-state index contributed by atoms with van der Waals surface area (Å²) in [6.07, 6.45) is 1.98. The largest absolute Gasteiger partial charge is 0.508 e. The van der Waals surface area contributed by atoms with Gasteiger partial charge in [0, 0.05) is 52.9 Å². The number of aromatic nitrogens is 5. The molecule has 0 aliphatic carbocycles. The number of halogens is 1. The highest BCUT2D eigenvalue weighted by atomic mass is 19.1. The number of phenolic OH excluding ortho intramolecular Hbond substituents is 2. The lowest BCUT2D eigenvalue weighted by Gasteiger charge is -2.26. The number of ether oxygens (including phenoxy) is 2. The monoisotopic (exact) mass is 783 g/mol. The van der Waals surface area contributed by atoms with Crippen molar-refractivity contribution in [2.75, 3.05) is 25.6 Å². The number of nitrogens with two attached hydrogens (primary N) is 1. The number of nitro benzene ring substituents is 1. The van der Waals surface area contributed by atoms with Gasteiger partial charge in [0.05, 0.1) is 61.4 Å².